The molecule has 2 heterocycles. The van der Waals surface area contributed by atoms with Gasteiger partial charge in [0.25, 0.3) is 0 Å². The van der Waals surface area contributed by atoms with E-state index in [9.17, 15) is 4.39 Å². The second-order valence-electron chi connectivity index (χ2n) is 4.43. The molecule has 4 heteroatoms. The maximum Gasteiger partial charge on any atom is 0.125 e. The number of benzene rings is 1. The Hall–Kier alpha value is -1.42. The van der Waals surface area contributed by atoms with Crippen molar-refractivity contribution < 1.29 is 4.39 Å². The van der Waals surface area contributed by atoms with Crippen molar-refractivity contribution in [3.8, 4) is 0 Å². The lowest BCUT2D eigenvalue weighted by molar-refractivity contribution is 0.0594. The van der Waals surface area contributed by atoms with Crippen molar-refractivity contribution in [3.63, 3.8) is 0 Å². The van der Waals surface area contributed by atoms with Gasteiger partial charge < -0.3 is 4.57 Å². The molecule has 0 atom stereocenters. The second kappa shape index (κ2) is 3.56. The summed E-state index contributed by atoms with van der Waals surface area (Å²) in [5.41, 5.74) is 3.35. The molecule has 0 spiro atoms. The lowest BCUT2D eigenvalue weighted by atomic mass is 10.1. The SMILES string of the molecule is Cn1cnc2c(CN3CC(F)C3)cccc21. The van der Waals surface area contributed by atoms with Gasteiger partial charge in [-0.3, -0.25) is 4.90 Å². The number of aromatic nitrogens is 2. The van der Waals surface area contributed by atoms with Crippen molar-refractivity contribution >= 4 is 11.0 Å². The van der Waals surface area contributed by atoms with E-state index in [4.69, 9.17) is 0 Å². The first-order valence-electron chi connectivity index (χ1n) is 5.49. The summed E-state index contributed by atoms with van der Waals surface area (Å²) in [5.74, 6) is 0. The number of likely N-dealkylation sites (tertiary alicyclic amines) is 1. The number of alkyl halides is 1. The molecule has 2 aromatic rings. The first kappa shape index (κ1) is 9.78. The summed E-state index contributed by atoms with van der Waals surface area (Å²) in [7, 11) is 1.99. The Kier molecular flexibility index (Phi) is 2.17. The van der Waals surface area contributed by atoms with E-state index < -0.39 is 6.17 Å². The normalized spacial score (nSPS) is 17.9. The molecular formula is C12H14FN3. The van der Waals surface area contributed by atoms with E-state index in [1.807, 2.05) is 24.0 Å². The van der Waals surface area contributed by atoms with Gasteiger partial charge in [0.15, 0.2) is 0 Å². The average molecular weight is 219 g/mol. The number of fused-ring (bicyclic) bond motifs is 1. The largest absolute Gasteiger partial charge is 0.334 e. The fourth-order valence-electron chi connectivity index (χ4n) is 2.22. The Morgan fingerprint density at radius 1 is 1.44 bits per heavy atom. The minimum absolute atomic E-state index is 0.559. The highest BCUT2D eigenvalue weighted by atomic mass is 19.1. The van der Waals surface area contributed by atoms with Crippen LogP contribution in [0.25, 0.3) is 11.0 Å². The van der Waals surface area contributed by atoms with Crippen LogP contribution in [0, 0.1) is 0 Å². The van der Waals surface area contributed by atoms with Gasteiger partial charge in [-0.1, -0.05) is 12.1 Å². The van der Waals surface area contributed by atoms with Gasteiger partial charge in [0, 0.05) is 26.7 Å². The number of hydrogen-bond donors (Lipinski definition) is 0. The summed E-state index contributed by atoms with van der Waals surface area (Å²) < 4.78 is 14.7. The summed E-state index contributed by atoms with van der Waals surface area (Å²) in [5, 5.41) is 0. The molecule has 0 aliphatic carbocycles. The zero-order valence-corrected chi connectivity index (χ0v) is 9.23. The van der Waals surface area contributed by atoms with Crippen LogP contribution in [0.3, 0.4) is 0 Å². The molecule has 0 radical (unpaired) electrons. The van der Waals surface area contributed by atoms with Gasteiger partial charge in [-0.15, -0.1) is 0 Å². The van der Waals surface area contributed by atoms with E-state index in [-0.39, 0.29) is 0 Å². The number of rotatable bonds is 2. The quantitative estimate of drug-likeness (QED) is 0.767. The summed E-state index contributed by atoms with van der Waals surface area (Å²) in [4.78, 5) is 6.50. The van der Waals surface area contributed by atoms with Gasteiger partial charge in [-0.25, -0.2) is 9.37 Å². The molecule has 16 heavy (non-hydrogen) atoms. The van der Waals surface area contributed by atoms with Crippen molar-refractivity contribution in [2.24, 2.45) is 7.05 Å². The highest BCUT2D eigenvalue weighted by molar-refractivity contribution is 5.78. The number of hydrogen-bond acceptors (Lipinski definition) is 2. The minimum atomic E-state index is -0.636. The van der Waals surface area contributed by atoms with Crippen molar-refractivity contribution in [2.45, 2.75) is 12.7 Å². The fourth-order valence-corrected chi connectivity index (χ4v) is 2.22. The van der Waals surface area contributed by atoms with E-state index in [2.05, 4.69) is 22.0 Å². The zero-order valence-electron chi connectivity index (χ0n) is 9.23. The van der Waals surface area contributed by atoms with Crippen LogP contribution >= 0.6 is 0 Å². The Labute approximate surface area is 93.5 Å². The summed E-state index contributed by atoms with van der Waals surface area (Å²) in [6.07, 6.45) is 1.19. The van der Waals surface area contributed by atoms with E-state index in [1.54, 1.807) is 0 Å². The van der Waals surface area contributed by atoms with E-state index >= 15 is 0 Å². The van der Waals surface area contributed by atoms with E-state index in [1.165, 1.54) is 5.56 Å². The third kappa shape index (κ3) is 1.50. The van der Waals surface area contributed by atoms with Crippen LogP contribution in [0.2, 0.25) is 0 Å². The van der Waals surface area contributed by atoms with Gasteiger partial charge in [0.1, 0.15) is 6.17 Å². The van der Waals surface area contributed by atoms with Gasteiger partial charge in [-0.05, 0) is 11.6 Å². The first-order valence-corrected chi connectivity index (χ1v) is 5.49. The molecule has 0 N–H and O–H groups in total. The predicted molar refractivity (Wildman–Crippen MR) is 60.9 cm³/mol. The molecule has 1 aromatic carbocycles. The maximum atomic E-state index is 12.7. The van der Waals surface area contributed by atoms with Gasteiger partial charge in [0.05, 0.1) is 17.4 Å². The monoisotopic (exact) mass is 219 g/mol. The molecule has 1 aliphatic rings. The molecule has 0 unspecified atom stereocenters. The summed E-state index contributed by atoms with van der Waals surface area (Å²) in [6.45, 7) is 1.92. The Morgan fingerprint density at radius 2 is 2.25 bits per heavy atom. The fraction of sp³-hybridized carbons (Fsp3) is 0.417. The lowest BCUT2D eigenvalue weighted by Crippen LogP contribution is -2.47. The molecular weight excluding hydrogens is 205 g/mol. The lowest BCUT2D eigenvalue weighted by Gasteiger charge is -2.34. The van der Waals surface area contributed by atoms with Crippen LogP contribution in [0.4, 0.5) is 4.39 Å². The van der Waals surface area contributed by atoms with Crippen LogP contribution in [-0.2, 0) is 13.6 Å². The topological polar surface area (TPSA) is 21.1 Å². The Morgan fingerprint density at radius 3 is 3.00 bits per heavy atom. The number of nitrogens with zero attached hydrogens (tertiary/aromatic N) is 3. The molecule has 3 rings (SSSR count). The Bertz CT molecular complexity index is 514. The van der Waals surface area contributed by atoms with Crippen LogP contribution in [0.15, 0.2) is 24.5 Å². The summed E-state index contributed by atoms with van der Waals surface area (Å²) >= 11 is 0. The standard InChI is InChI=1S/C12H14FN3/c1-15-8-14-12-9(3-2-4-11(12)15)5-16-6-10(13)7-16/h2-4,8,10H,5-7H2,1H3. The predicted octanol–water partition coefficient (Wildman–Crippen LogP) is 1.73. The van der Waals surface area contributed by atoms with E-state index in [0.29, 0.717) is 13.1 Å². The van der Waals surface area contributed by atoms with Crippen LogP contribution in [0.5, 0.6) is 0 Å². The first-order chi connectivity index (χ1) is 7.74. The average Bonchev–Trinajstić information content (AvgIpc) is 2.60. The summed E-state index contributed by atoms with van der Waals surface area (Å²) in [6, 6.07) is 6.16. The molecule has 1 aliphatic heterocycles. The smallest absolute Gasteiger partial charge is 0.125 e. The number of aryl methyl sites for hydroxylation is 1. The van der Waals surface area contributed by atoms with Crippen LogP contribution < -0.4 is 0 Å². The molecule has 1 fully saturated rings. The second-order valence-corrected chi connectivity index (χ2v) is 4.43. The van der Waals surface area contributed by atoms with Gasteiger partial charge in [0.2, 0.25) is 0 Å². The molecule has 1 saturated heterocycles. The highest BCUT2D eigenvalue weighted by Crippen LogP contribution is 2.21. The molecule has 84 valence electrons. The third-order valence-electron chi connectivity index (χ3n) is 3.14. The van der Waals surface area contributed by atoms with Crippen molar-refractivity contribution in [1.82, 2.24) is 14.5 Å². The maximum absolute atomic E-state index is 12.7. The number of imidazole rings is 1. The zero-order chi connectivity index (χ0) is 11.1. The van der Waals surface area contributed by atoms with Crippen LogP contribution in [-0.4, -0.2) is 33.7 Å². The van der Waals surface area contributed by atoms with Crippen molar-refractivity contribution in [3.05, 3.63) is 30.1 Å². The molecule has 0 amide bonds. The van der Waals surface area contributed by atoms with Crippen molar-refractivity contribution in [2.75, 3.05) is 13.1 Å². The number of halogens is 1. The van der Waals surface area contributed by atoms with Gasteiger partial charge >= 0.3 is 0 Å². The highest BCUT2D eigenvalue weighted by Gasteiger charge is 2.26. The molecule has 3 nitrogen and oxygen atoms in total. The molecule has 0 saturated carbocycles. The van der Waals surface area contributed by atoms with Gasteiger partial charge in [-0.2, -0.15) is 0 Å². The molecule has 0 bridgehead atoms. The Balaban J connectivity index is 1.91. The van der Waals surface area contributed by atoms with E-state index in [0.717, 1.165) is 17.6 Å². The van der Waals surface area contributed by atoms with Crippen molar-refractivity contribution in [1.29, 1.82) is 0 Å². The minimum Gasteiger partial charge on any atom is -0.334 e. The van der Waals surface area contributed by atoms with Crippen LogP contribution in [0.1, 0.15) is 5.56 Å². The molecule has 1 aromatic heterocycles. The number of para-hydroxylation sites is 1. The third-order valence-corrected chi connectivity index (χ3v) is 3.14.